The minimum absolute atomic E-state index is 0.170. The van der Waals surface area contributed by atoms with Gasteiger partial charge in [0.05, 0.1) is 24.2 Å². The van der Waals surface area contributed by atoms with Crippen LogP contribution >= 0.6 is 11.3 Å². The molecule has 2 fully saturated rings. The predicted molar refractivity (Wildman–Crippen MR) is 128 cm³/mol. The third-order valence-corrected chi connectivity index (χ3v) is 8.30. The van der Waals surface area contributed by atoms with Gasteiger partial charge in [0.2, 0.25) is 5.91 Å². The average molecular weight is 458 g/mol. The van der Waals surface area contributed by atoms with Gasteiger partial charge in [-0.25, -0.2) is 4.98 Å². The molecular weight excluding hydrogens is 422 g/mol. The van der Waals surface area contributed by atoms with Crippen molar-refractivity contribution in [2.75, 3.05) is 13.1 Å². The molecule has 0 spiro atoms. The van der Waals surface area contributed by atoms with Crippen LogP contribution in [0.15, 0.2) is 34.0 Å². The predicted octanol–water partition coefficient (Wildman–Crippen LogP) is 4.32. The van der Waals surface area contributed by atoms with Crippen molar-refractivity contribution >= 4 is 17.2 Å². The van der Waals surface area contributed by atoms with Crippen LogP contribution in [0.25, 0.3) is 11.3 Å². The molecule has 2 aromatic rings. The lowest BCUT2D eigenvalue weighted by molar-refractivity contribution is -0.154. The molecule has 1 atom stereocenters. The van der Waals surface area contributed by atoms with Crippen LogP contribution in [0.5, 0.6) is 0 Å². The number of hydrogen-bond acceptors (Lipinski definition) is 5. The Hall–Kier alpha value is -1.99. The average Bonchev–Trinajstić information content (AvgIpc) is 3.31. The van der Waals surface area contributed by atoms with Gasteiger partial charge in [-0.05, 0) is 30.2 Å². The van der Waals surface area contributed by atoms with Crippen molar-refractivity contribution in [2.24, 2.45) is 11.3 Å². The highest BCUT2D eigenvalue weighted by molar-refractivity contribution is 7.08. The zero-order chi connectivity index (χ0) is 22.8. The Morgan fingerprint density at radius 2 is 2.06 bits per heavy atom. The van der Waals surface area contributed by atoms with Gasteiger partial charge in [0.25, 0.3) is 5.56 Å². The number of thiophene rings is 1. The summed E-state index contributed by atoms with van der Waals surface area (Å²) >= 11 is 1.56. The normalized spacial score (nSPS) is 23.9. The number of carbonyl (C=O) groups excluding carboxylic acids is 1. The van der Waals surface area contributed by atoms with Crippen LogP contribution in [0.2, 0.25) is 0 Å². The van der Waals surface area contributed by atoms with Crippen LogP contribution in [0, 0.1) is 11.3 Å². The zero-order valence-corrected chi connectivity index (χ0v) is 20.1. The summed E-state index contributed by atoms with van der Waals surface area (Å²) in [5.74, 6) is 0.892. The number of hydrogen-bond donors (Lipinski definition) is 1. The second-order valence-electron chi connectivity index (χ2n) is 10.3. The summed E-state index contributed by atoms with van der Waals surface area (Å²) in [6, 6.07) is 3.47. The van der Waals surface area contributed by atoms with Gasteiger partial charge in [0.1, 0.15) is 0 Å². The minimum atomic E-state index is -1.08. The number of carbonyl (C=O) groups is 1. The van der Waals surface area contributed by atoms with E-state index in [1.54, 1.807) is 11.3 Å². The van der Waals surface area contributed by atoms with E-state index in [-0.39, 0.29) is 18.0 Å². The Morgan fingerprint density at radius 3 is 2.72 bits per heavy atom. The Balaban J connectivity index is 1.39. The van der Waals surface area contributed by atoms with Crippen LogP contribution in [0.1, 0.15) is 65.2 Å². The Bertz CT molecular complexity index is 979. The van der Waals surface area contributed by atoms with E-state index in [1.165, 1.54) is 49.1 Å². The highest BCUT2D eigenvalue weighted by Gasteiger charge is 2.48. The zero-order valence-electron chi connectivity index (χ0n) is 19.3. The van der Waals surface area contributed by atoms with Crippen LogP contribution in [-0.2, 0) is 11.3 Å². The standard InChI is InChI=1S/C25H35N3O3S/c1-24(2)16-27(22(29)9-8-19-6-4-3-5-7-19)12-11-25(24,31)17-28-18-26-21(14-23(28)30)20-10-13-32-15-20/h10,13-15,18-19,31H,3-9,11-12,16-17H2,1-2H3. The van der Waals surface area contributed by atoms with E-state index in [1.807, 2.05) is 35.6 Å². The quantitative estimate of drug-likeness (QED) is 0.701. The van der Waals surface area contributed by atoms with Gasteiger partial charge in [0.15, 0.2) is 0 Å². The Kier molecular flexibility index (Phi) is 6.86. The van der Waals surface area contributed by atoms with E-state index in [2.05, 4.69) is 4.98 Å². The molecule has 1 saturated carbocycles. The SMILES string of the molecule is CC1(C)CN(C(=O)CCC2CCCCC2)CCC1(O)Cn1cnc(-c2ccsc2)cc1=O. The molecule has 1 aliphatic carbocycles. The molecule has 32 heavy (non-hydrogen) atoms. The molecule has 4 rings (SSSR count). The lowest BCUT2D eigenvalue weighted by Gasteiger charge is -2.50. The third kappa shape index (κ3) is 4.99. The van der Waals surface area contributed by atoms with Gasteiger partial charge in [-0.1, -0.05) is 46.0 Å². The maximum Gasteiger partial charge on any atom is 0.253 e. The van der Waals surface area contributed by atoms with Crippen LogP contribution in [-0.4, -0.2) is 44.2 Å². The summed E-state index contributed by atoms with van der Waals surface area (Å²) in [7, 11) is 0. The van der Waals surface area contributed by atoms with E-state index < -0.39 is 11.0 Å². The first-order chi connectivity index (χ1) is 15.3. The molecule has 3 heterocycles. The number of aromatic nitrogens is 2. The van der Waals surface area contributed by atoms with Crippen molar-refractivity contribution in [1.82, 2.24) is 14.5 Å². The summed E-state index contributed by atoms with van der Waals surface area (Å²) < 4.78 is 1.50. The maximum atomic E-state index is 12.9. The summed E-state index contributed by atoms with van der Waals surface area (Å²) in [6.07, 6.45) is 10.0. The molecule has 1 N–H and O–H groups in total. The molecule has 1 amide bonds. The van der Waals surface area contributed by atoms with Gasteiger partial charge >= 0.3 is 0 Å². The van der Waals surface area contributed by atoms with E-state index in [4.69, 9.17) is 0 Å². The summed E-state index contributed by atoms with van der Waals surface area (Å²) in [6.45, 7) is 5.19. The van der Waals surface area contributed by atoms with Crippen molar-refractivity contribution in [3.63, 3.8) is 0 Å². The van der Waals surface area contributed by atoms with Crippen LogP contribution in [0.4, 0.5) is 0 Å². The van der Waals surface area contributed by atoms with Gasteiger partial charge in [-0.2, -0.15) is 11.3 Å². The first kappa shape index (κ1) is 23.2. The molecule has 2 aliphatic rings. The van der Waals surface area contributed by atoms with Crippen molar-refractivity contribution < 1.29 is 9.90 Å². The molecular formula is C25H35N3O3S. The molecule has 0 aromatic carbocycles. The number of likely N-dealkylation sites (tertiary alicyclic amines) is 1. The first-order valence-corrected chi connectivity index (χ1v) is 12.8. The largest absolute Gasteiger partial charge is 0.387 e. The summed E-state index contributed by atoms with van der Waals surface area (Å²) in [4.78, 5) is 31.9. The summed E-state index contributed by atoms with van der Waals surface area (Å²) in [5, 5.41) is 15.5. The van der Waals surface area contributed by atoms with Crippen molar-refractivity contribution in [2.45, 2.75) is 77.4 Å². The van der Waals surface area contributed by atoms with E-state index in [0.29, 0.717) is 37.5 Å². The highest BCUT2D eigenvalue weighted by Crippen LogP contribution is 2.40. The van der Waals surface area contributed by atoms with Crippen molar-refractivity contribution in [1.29, 1.82) is 0 Å². The second kappa shape index (κ2) is 9.48. The fourth-order valence-corrected chi connectivity index (χ4v) is 5.87. The molecule has 1 saturated heterocycles. The van der Waals surface area contributed by atoms with E-state index in [9.17, 15) is 14.7 Å². The fourth-order valence-electron chi connectivity index (χ4n) is 5.22. The lowest BCUT2D eigenvalue weighted by Crippen LogP contribution is -2.60. The Morgan fingerprint density at radius 1 is 1.28 bits per heavy atom. The molecule has 174 valence electrons. The van der Waals surface area contributed by atoms with Crippen molar-refractivity contribution in [3.8, 4) is 11.3 Å². The molecule has 2 aromatic heterocycles. The molecule has 1 aliphatic heterocycles. The van der Waals surface area contributed by atoms with Gasteiger partial charge in [0, 0.05) is 41.9 Å². The number of piperidine rings is 1. The minimum Gasteiger partial charge on any atom is -0.387 e. The second-order valence-corrected chi connectivity index (χ2v) is 11.1. The van der Waals surface area contributed by atoms with Crippen LogP contribution < -0.4 is 5.56 Å². The lowest BCUT2D eigenvalue weighted by atomic mass is 9.69. The van der Waals surface area contributed by atoms with Gasteiger partial charge < -0.3 is 10.0 Å². The monoisotopic (exact) mass is 457 g/mol. The molecule has 0 bridgehead atoms. The van der Waals surface area contributed by atoms with Gasteiger partial charge in [-0.15, -0.1) is 0 Å². The topological polar surface area (TPSA) is 75.4 Å². The molecule has 6 nitrogen and oxygen atoms in total. The van der Waals surface area contributed by atoms with Crippen LogP contribution in [0.3, 0.4) is 0 Å². The maximum absolute atomic E-state index is 12.9. The first-order valence-electron chi connectivity index (χ1n) is 11.9. The van der Waals surface area contributed by atoms with Crippen molar-refractivity contribution in [3.05, 3.63) is 39.6 Å². The smallest absolute Gasteiger partial charge is 0.253 e. The summed E-state index contributed by atoms with van der Waals surface area (Å²) in [5.41, 5.74) is -0.202. The number of amides is 1. The number of nitrogens with zero attached hydrogens (tertiary/aromatic N) is 3. The third-order valence-electron chi connectivity index (χ3n) is 7.61. The fraction of sp³-hybridized carbons (Fsp3) is 0.640. The van der Waals surface area contributed by atoms with E-state index >= 15 is 0 Å². The molecule has 0 radical (unpaired) electrons. The number of aliphatic hydroxyl groups is 1. The Labute approximate surface area is 194 Å². The van der Waals surface area contributed by atoms with E-state index in [0.717, 1.165) is 12.0 Å². The molecule has 1 unspecified atom stereocenters. The molecule has 7 heteroatoms. The highest BCUT2D eigenvalue weighted by atomic mass is 32.1. The number of rotatable bonds is 6. The van der Waals surface area contributed by atoms with Gasteiger partial charge in [-0.3, -0.25) is 14.2 Å².